The van der Waals surface area contributed by atoms with Crippen LogP contribution in [0.1, 0.15) is 29.5 Å². The molecule has 0 bridgehead atoms. The van der Waals surface area contributed by atoms with Gasteiger partial charge in [-0.3, -0.25) is 20.1 Å². The molecule has 0 saturated carbocycles. The fraction of sp³-hybridized carbons (Fsp3) is 0.231. The third kappa shape index (κ3) is 5.12. The lowest BCUT2D eigenvalue weighted by atomic mass is 10.1. The zero-order chi connectivity index (χ0) is 25.2. The number of halogens is 1. The van der Waals surface area contributed by atoms with Gasteiger partial charge in [0.1, 0.15) is 17.0 Å². The molecule has 1 fully saturated rings. The number of rotatable bonds is 5. The minimum absolute atomic E-state index is 0.0506. The topological polar surface area (TPSA) is 104 Å². The van der Waals surface area contributed by atoms with Gasteiger partial charge in [-0.25, -0.2) is 4.68 Å². The number of aromatic amines is 1. The summed E-state index contributed by atoms with van der Waals surface area (Å²) in [6, 6.07) is 13.3. The molecule has 8 nitrogen and oxygen atoms in total. The lowest BCUT2D eigenvalue weighted by molar-refractivity contribution is -0.123. The number of fused-ring (bicyclic) bond motifs is 1. The molecule has 0 atom stereocenters. The Balaban J connectivity index is 1.43. The number of hydrogen-bond acceptors (Lipinski definition) is 6. The minimum atomic E-state index is -0.525. The number of H-pyrrole nitrogens is 1. The first-order chi connectivity index (χ1) is 17.4. The Morgan fingerprint density at radius 3 is 2.69 bits per heavy atom. The molecule has 0 aliphatic carbocycles. The largest absolute Gasteiger partial charge is 0.487 e. The van der Waals surface area contributed by atoms with Gasteiger partial charge in [-0.1, -0.05) is 58.8 Å². The number of nitrogens with zero attached hydrogens (tertiary/aromatic N) is 3. The number of amides is 1. The Bertz CT molecular complexity index is 1630. The molecule has 0 radical (unpaired) electrons. The van der Waals surface area contributed by atoms with E-state index in [1.54, 1.807) is 29.2 Å². The smallest absolute Gasteiger partial charge is 0.283 e. The highest BCUT2D eigenvalue weighted by atomic mass is 35.5. The Hall–Kier alpha value is -3.69. The van der Waals surface area contributed by atoms with Gasteiger partial charge >= 0.3 is 0 Å². The summed E-state index contributed by atoms with van der Waals surface area (Å²) in [5.74, 6) is 0.440. The maximum absolute atomic E-state index is 12.7. The van der Waals surface area contributed by atoms with Crippen LogP contribution in [0.15, 0.2) is 47.3 Å². The van der Waals surface area contributed by atoms with Crippen molar-refractivity contribution in [2.24, 2.45) is 0 Å². The lowest BCUT2D eigenvalue weighted by Crippen LogP contribution is -2.47. The Morgan fingerprint density at radius 2 is 1.97 bits per heavy atom. The molecule has 3 aliphatic rings. The Kier molecular flexibility index (Phi) is 6.75. The molecule has 2 aromatic carbocycles. The number of likely N-dealkylation sites (tertiary alicyclic amines) is 1. The number of carbonyl (C=O) groups is 1. The van der Waals surface area contributed by atoms with E-state index in [0.717, 1.165) is 42.8 Å². The van der Waals surface area contributed by atoms with Gasteiger partial charge in [-0.05, 0) is 49.1 Å². The molecule has 0 aromatic heterocycles. The van der Waals surface area contributed by atoms with Crippen molar-refractivity contribution in [2.75, 3.05) is 13.1 Å². The summed E-state index contributed by atoms with van der Waals surface area (Å²) in [5, 5.41) is 12.4. The molecule has 5 rings (SSSR count). The van der Waals surface area contributed by atoms with Gasteiger partial charge in [0.05, 0.1) is 10.2 Å². The second-order valence-corrected chi connectivity index (χ2v) is 10.1. The Labute approximate surface area is 215 Å². The summed E-state index contributed by atoms with van der Waals surface area (Å²) < 4.78 is 7.78. The second kappa shape index (κ2) is 10.1. The summed E-state index contributed by atoms with van der Waals surface area (Å²) in [6.07, 6.45) is 5.08. The number of aromatic nitrogens is 3. The van der Waals surface area contributed by atoms with Gasteiger partial charge < -0.3 is 9.64 Å². The number of nitrogens with one attached hydrogen (secondary N) is 2. The van der Waals surface area contributed by atoms with Crippen molar-refractivity contribution < 1.29 is 9.53 Å². The zero-order valence-electron chi connectivity index (χ0n) is 19.6. The van der Waals surface area contributed by atoms with E-state index in [9.17, 15) is 9.59 Å². The molecule has 10 heteroatoms. The summed E-state index contributed by atoms with van der Waals surface area (Å²) in [5.41, 5.74) is 2.28. The van der Waals surface area contributed by atoms with Crippen molar-refractivity contribution >= 4 is 41.0 Å². The van der Waals surface area contributed by atoms with Crippen molar-refractivity contribution in [3.05, 3.63) is 89.9 Å². The average molecular weight is 522 g/mol. The molecule has 0 spiro atoms. The lowest BCUT2D eigenvalue weighted by Gasteiger charge is -2.10. The van der Waals surface area contributed by atoms with E-state index in [1.807, 2.05) is 31.2 Å². The predicted molar refractivity (Wildman–Crippen MR) is 139 cm³/mol. The maximum Gasteiger partial charge on any atom is 0.283 e. The molecule has 2 N–H and O–H groups in total. The van der Waals surface area contributed by atoms with Gasteiger partial charge in [0, 0.05) is 19.2 Å². The molecule has 3 aliphatic heterocycles. The van der Waals surface area contributed by atoms with E-state index in [1.165, 1.54) is 16.3 Å². The molecular formula is C26H24ClN5O3S. The van der Waals surface area contributed by atoms with E-state index >= 15 is 0 Å². The highest BCUT2D eigenvalue weighted by Gasteiger charge is 2.17. The van der Waals surface area contributed by atoms with E-state index in [-0.39, 0.29) is 16.6 Å². The standard InChI is InChI=1S/C26H24ClN5O3S/c1-16-4-6-17(7-5-16)15-35-21-9-8-18(13-20(21)27)12-19-24(28)32-26(29-25(19)34)36-22(30-32)14-23(33)31-10-2-3-11-31/h4-9,12-14,28,30H,2-3,10-11,15H2,1H3/b19-12-,22-14+,28-24?. The number of aryl methyl sites for hydroxylation is 1. The first-order valence-electron chi connectivity index (χ1n) is 11.5. The summed E-state index contributed by atoms with van der Waals surface area (Å²) >= 11 is 7.59. The van der Waals surface area contributed by atoms with Crippen molar-refractivity contribution in [3.8, 4) is 10.9 Å². The van der Waals surface area contributed by atoms with Crippen LogP contribution in [0.2, 0.25) is 5.02 Å². The summed E-state index contributed by atoms with van der Waals surface area (Å²) in [6.45, 7) is 3.91. The SMILES string of the molecule is Cc1ccc(COc2ccc(/C=c3\c(=O)nc4s/c(=C/C(=O)N5CCCC5)[nH]n-4c3=N)cc2Cl)cc1. The third-order valence-electron chi connectivity index (χ3n) is 5.98. The first kappa shape index (κ1) is 24.0. The number of benzene rings is 2. The van der Waals surface area contributed by atoms with Crippen molar-refractivity contribution in [1.29, 1.82) is 5.41 Å². The number of ether oxygens (including phenoxy) is 1. The average Bonchev–Trinajstić information content (AvgIpc) is 3.53. The van der Waals surface area contributed by atoms with Crippen LogP contribution in [0.5, 0.6) is 5.75 Å². The molecule has 184 valence electrons. The molecule has 36 heavy (non-hydrogen) atoms. The summed E-state index contributed by atoms with van der Waals surface area (Å²) in [4.78, 5) is 31.0. The summed E-state index contributed by atoms with van der Waals surface area (Å²) in [7, 11) is 0. The van der Waals surface area contributed by atoms with E-state index in [4.69, 9.17) is 21.7 Å². The highest BCUT2D eigenvalue weighted by Crippen LogP contribution is 2.26. The van der Waals surface area contributed by atoms with E-state index in [2.05, 4.69) is 10.1 Å². The zero-order valence-corrected chi connectivity index (χ0v) is 21.2. The van der Waals surface area contributed by atoms with Gasteiger partial charge in [-0.2, -0.15) is 4.98 Å². The van der Waals surface area contributed by atoms with E-state index < -0.39 is 5.56 Å². The van der Waals surface area contributed by atoms with Gasteiger partial charge in [-0.15, -0.1) is 0 Å². The molecule has 1 saturated heterocycles. The van der Waals surface area contributed by atoms with Crippen LogP contribution in [-0.2, 0) is 11.4 Å². The van der Waals surface area contributed by atoms with Crippen LogP contribution < -0.4 is 25.7 Å². The van der Waals surface area contributed by atoms with Gasteiger partial charge in [0.2, 0.25) is 11.0 Å². The number of carbonyl (C=O) groups excluding carboxylic acids is 1. The van der Waals surface area contributed by atoms with Crippen LogP contribution in [0.25, 0.3) is 17.3 Å². The Morgan fingerprint density at radius 1 is 1.22 bits per heavy atom. The quantitative estimate of drug-likeness (QED) is 0.420. The van der Waals surface area contributed by atoms with Crippen molar-refractivity contribution in [3.63, 3.8) is 0 Å². The van der Waals surface area contributed by atoms with Crippen LogP contribution in [-0.4, -0.2) is 38.7 Å². The molecular weight excluding hydrogens is 498 g/mol. The molecule has 1 amide bonds. The van der Waals surface area contributed by atoms with Crippen LogP contribution in [0.3, 0.4) is 0 Å². The van der Waals surface area contributed by atoms with Gasteiger partial charge in [0.25, 0.3) is 5.56 Å². The highest BCUT2D eigenvalue weighted by molar-refractivity contribution is 7.11. The minimum Gasteiger partial charge on any atom is -0.487 e. The number of hydrogen-bond donors (Lipinski definition) is 2. The fourth-order valence-corrected chi connectivity index (χ4v) is 5.08. The van der Waals surface area contributed by atoms with E-state index in [0.29, 0.717) is 32.7 Å². The normalized spacial score (nSPS) is 14.7. The molecule has 3 heterocycles. The maximum atomic E-state index is 12.7. The first-order valence-corrected chi connectivity index (χ1v) is 12.7. The van der Waals surface area contributed by atoms with Gasteiger partial charge in [0.15, 0.2) is 5.49 Å². The second-order valence-electron chi connectivity index (χ2n) is 8.66. The van der Waals surface area contributed by atoms with Crippen LogP contribution >= 0.6 is 22.9 Å². The third-order valence-corrected chi connectivity index (χ3v) is 7.16. The van der Waals surface area contributed by atoms with Crippen molar-refractivity contribution in [1.82, 2.24) is 19.7 Å². The van der Waals surface area contributed by atoms with Crippen LogP contribution in [0.4, 0.5) is 0 Å². The monoisotopic (exact) mass is 521 g/mol. The van der Waals surface area contributed by atoms with Crippen molar-refractivity contribution in [2.45, 2.75) is 26.4 Å². The van der Waals surface area contributed by atoms with Crippen LogP contribution in [0, 0.1) is 12.3 Å². The molecule has 0 unspecified atom stereocenters. The molecule has 2 aromatic rings. The fourth-order valence-electron chi connectivity index (χ4n) is 3.99. The predicted octanol–water partition coefficient (Wildman–Crippen LogP) is 2.31.